The normalized spacial score (nSPS) is 18.6. The van der Waals surface area contributed by atoms with Gasteiger partial charge in [-0.25, -0.2) is 9.38 Å². The van der Waals surface area contributed by atoms with Crippen LogP contribution in [-0.4, -0.2) is 40.7 Å². The van der Waals surface area contributed by atoms with Crippen molar-refractivity contribution in [2.45, 2.75) is 19.8 Å². The summed E-state index contributed by atoms with van der Waals surface area (Å²) < 4.78 is 13.4. The number of halogens is 1. The van der Waals surface area contributed by atoms with Gasteiger partial charge >= 0.3 is 0 Å². The van der Waals surface area contributed by atoms with Gasteiger partial charge in [0.1, 0.15) is 11.5 Å². The van der Waals surface area contributed by atoms with Crippen LogP contribution in [0.4, 0.5) is 10.1 Å². The highest BCUT2D eigenvalue weighted by Gasteiger charge is 2.33. The van der Waals surface area contributed by atoms with Crippen LogP contribution < -0.4 is 4.90 Å². The number of thioether (sulfide) groups is 1. The minimum absolute atomic E-state index is 0.0478. The Morgan fingerprint density at radius 1 is 1.13 bits per heavy atom. The molecule has 4 rings (SSSR count). The maximum Gasteiger partial charge on any atom is 0.283 e. The van der Waals surface area contributed by atoms with Crippen molar-refractivity contribution in [1.29, 1.82) is 0 Å². The number of carbonyl (C=O) groups is 2. The number of piperidine rings is 1. The average Bonchev–Trinajstić information content (AvgIpc) is 3.09. The van der Waals surface area contributed by atoms with Gasteiger partial charge in [0.25, 0.3) is 5.91 Å². The number of nitrogens with zero attached hydrogens (tertiary/aromatic N) is 3. The number of aliphatic imine (C=N–C) groups is 1. The first-order valence-electron chi connectivity index (χ1n) is 10.4. The van der Waals surface area contributed by atoms with Gasteiger partial charge in [-0.05, 0) is 54.7 Å². The van der Waals surface area contributed by atoms with E-state index < -0.39 is 0 Å². The van der Waals surface area contributed by atoms with Gasteiger partial charge in [-0.1, -0.05) is 49.0 Å². The van der Waals surface area contributed by atoms with Crippen LogP contribution in [0.15, 0.2) is 65.3 Å². The zero-order valence-corrected chi connectivity index (χ0v) is 18.1. The van der Waals surface area contributed by atoms with E-state index in [0.717, 1.165) is 31.5 Å². The van der Waals surface area contributed by atoms with Gasteiger partial charge in [-0.2, -0.15) is 0 Å². The molecule has 0 bridgehead atoms. The SMILES string of the molecule is CC1CCN(C(=O)CSC2=N/C(=C\c3ccccc3)C(=O)N2c2ccc(F)cc2)CC1. The fourth-order valence-electron chi connectivity index (χ4n) is 3.59. The minimum Gasteiger partial charge on any atom is -0.342 e. The molecule has 31 heavy (non-hydrogen) atoms. The molecule has 160 valence electrons. The monoisotopic (exact) mass is 437 g/mol. The Kier molecular flexibility index (Phi) is 6.51. The fourth-order valence-corrected chi connectivity index (χ4v) is 4.51. The molecule has 2 aliphatic rings. The van der Waals surface area contributed by atoms with Gasteiger partial charge in [0, 0.05) is 13.1 Å². The number of rotatable bonds is 4. The topological polar surface area (TPSA) is 53.0 Å². The number of likely N-dealkylation sites (tertiary alicyclic amines) is 1. The molecular weight excluding hydrogens is 413 g/mol. The number of amidine groups is 1. The summed E-state index contributed by atoms with van der Waals surface area (Å²) in [5.74, 6) is 0.227. The number of anilines is 1. The van der Waals surface area contributed by atoms with Gasteiger partial charge in [0.2, 0.25) is 5.91 Å². The summed E-state index contributed by atoms with van der Waals surface area (Å²) in [7, 11) is 0. The molecule has 2 heterocycles. The predicted molar refractivity (Wildman–Crippen MR) is 123 cm³/mol. The number of benzene rings is 2. The summed E-state index contributed by atoms with van der Waals surface area (Å²) in [5, 5.41) is 0.428. The molecule has 0 atom stereocenters. The third-order valence-electron chi connectivity index (χ3n) is 5.48. The highest BCUT2D eigenvalue weighted by Crippen LogP contribution is 2.30. The zero-order chi connectivity index (χ0) is 21.8. The lowest BCUT2D eigenvalue weighted by Gasteiger charge is -2.30. The van der Waals surface area contributed by atoms with Crippen LogP contribution in [0.25, 0.3) is 6.08 Å². The van der Waals surface area contributed by atoms with E-state index in [0.29, 0.717) is 16.8 Å². The van der Waals surface area contributed by atoms with Crippen molar-refractivity contribution in [2.75, 3.05) is 23.7 Å². The summed E-state index contributed by atoms with van der Waals surface area (Å²) >= 11 is 1.24. The van der Waals surface area contributed by atoms with E-state index in [1.165, 1.54) is 28.8 Å². The van der Waals surface area contributed by atoms with Crippen molar-refractivity contribution in [3.8, 4) is 0 Å². The Bertz CT molecular complexity index is 1010. The van der Waals surface area contributed by atoms with Crippen LogP contribution in [-0.2, 0) is 9.59 Å². The van der Waals surface area contributed by atoms with E-state index in [2.05, 4.69) is 11.9 Å². The maximum atomic E-state index is 13.4. The third kappa shape index (κ3) is 5.05. The molecule has 2 amide bonds. The van der Waals surface area contributed by atoms with E-state index in [9.17, 15) is 14.0 Å². The number of hydrogen-bond acceptors (Lipinski definition) is 4. The molecule has 0 aromatic heterocycles. The van der Waals surface area contributed by atoms with Gasteiger partial charge in [0.05, 0.1) is 11.4 Å². The van der Waals surface area contributed by atoms with Crippen LogP contribution in [0.2, 0.25) is 0 Å². The van der Waals surface area contributed by atoms with Gasteiger partial charge in [-0.15, -0.1) is 0 Å². The van der Waals surface area contributed by atoms with E-state index in [-0.39, 0.29) is 29.1 Å². The highest BCUT2D eigenvalue weighted by molar-refractivity contribution is 8.14. The molecule has 0 unspecified atom stereocenters. The number of amides is 2. The van der Waals surface area contributed by atoms with Crippen molar-refractivity contribution in [2.24, 2.45) is 10.9 Å². The second-order valence-corrected chi connectivity index (χ2v) is 8.75. The second-order valence-electron chi connectivity index (χ2n) is 7.80. The Labute approximate surface area is 185 Å². The van der Waals surface area contributed by atoms with Crippen molar-refractivity contribution < 1.29 is 14.0 Å². The van der Waals surface area contributed by atoms with E-state index in [4.69, 9.17) is 0 Å². The van der Waals surface area contributed by atoms with Gasteiger partial charge < -0.3 is 4.90 Å². The Balaban J connectivity index is 1.55. The lowest BCUT2D eigenvalue weighted by molar-refractivity contribution is -0.129. The van der Waals surface area contributed by atoms with E-state index in [1.807, 2.05) is 35.2 Å². The van der Waals surface area contributed by atoms with Crippen molar-refractivity contribution in [1.82, 2.24) is 4.90 Å². The summed E-state index contributed by atoms with van der Waals surface area (Å²) in [6.07, 6.45) is 3.75. The molecule has 0 radical (unpaired) electrons. The molecule has 5 nitrogen and oxygen atoms in total. The highest BCUT2D eigenvalue weighted by atomic mass is 32.2. The summed E-state index contributed by atoms with van der Waals surface area (Å²) in [6, 6.07) is 15.2. The minimum atomic E-state index is -0.379. The molecule has 0 N–H and O–H groups in total. The first-order valence-corrected chi connectivity index (χ1v) is 11.4. The first kappa shape index (κ1) is 21.3. The molecule has 0 aliphatic carbocycles. The summed E-state index contributed by atoms with van der Waals surface area (Å²) in [4.78, 5) is 33.7. The molecule has 2 aliphatic heterocycles. The lowest BCUT2D eigenvalue weighted by Crippen LogP contribution is -2.39. The average molecular weight is 438 g/mol. The van der Waals surface area contributed by atoms with Crippen molar-refractivity contribution in [3.05, 3.63) is 71.7 Å². The first-order chi connectivity index (χ1) is 15.0. The predicted octanol–water partition coefficient (Wildman–Crippen LogP) is 4.56. The van der Waals surface area contributed by atoms with Crippen LogP contribution in [0.3, 0.4) is 0 Å². The Hall–Kier alpha value is -2.93. The molecule has 0 spiro atoms. The largest absolute Gasteiger partial charge is 0.342 e. The second kappa shape index (κ2) is 9.47. The fraction of sp³-hybridized carbons (Fsp3) is 0.292. The maximum absolute atomic E-state index is 13.4. The Morgan fingerprint density at radius 2 is 1.81 bits per heavy atom. The van der Waals surface area contributed by atoms with Gasteiger partial charge in [-0.3, -0.25) is 14.5 Å². The molecule has 1 fully saturated rings. The molecular formula is C24H24FN3O2S. The van der Waals surface area contributed by atoms with Crippen LogP contribution in [0.5, 0.6) is 0 Å². The molecule has 0 saturated carbocycles. The van der Waals surface area contributed by atoms with Crippen molar-refractivity contribution >= 4 is 40.5 Å². The quantitative estimate of drug-likeness (QED) is 0.659. The zero-order valence-electron chi connectivity index (χ0n) is 17.3. The van der Waals surface area contributed by atoms with Crippen LogP contribution >= 0.6 is 11.8 Å². The lowest BCUT2D eigenvalue weighted by atomic mass is 9.99. The van der Waals surface area contributed by atoms with Crippen molar-refractivity contribution in [3.63, 3.8) is 0 Å². The molecule has 2 aromatic carbocycles. The summed E-state index contributed by atoms with van der Waals surface area (Å²) in [5.41, 5.74) is 1.67. The standard InChI is InChI=1S/C24H24FN3O2S/c1-17-11-13-27(14-12-17)22(29)16-31-24-26-21(15-18-5-3-2-4-6-18)23(30)28(24)20-9-7-19(25)8-10-20/h2-10,15,17H,11-14,16H2,1H3/b21-15-. The molecule has 1 saturated heterocycles. The summed E-state index contributed by atoms with van der Waals surface area (Å²) in [6.45, 7) is 3.75. The van der Waals surface area contributed by atoms with E-state index >= 15 is 0 Å². The molecule has 7 heteroatoms. The third-order valence-corrected chi connectivity index (χ3v) is 6.40. The molecule has 2 aromatic rings. The van der Waals surface area contributed by atoms with Gasteiger partial charge in [0.15, 0.2) is 5.17 Å². The smallest absolute Gasteiger partial charge is 0.283 e. The number of carbonyl (C=O) groups excluding carboxylic acids is 2. The number of hydrogen-bond donors (Lipinski definition) is 0. The Morgan fingerprint density at radius 3 is 2.48 bits per heavy atom. The van der Waals surface area contributed by atoms with Crippen LogP contribution in [0, 0.1) is 11.7 Å². The van der Waals surface area contributed by atoms with Crippen LogP contribution in [0.1, 0.15) is 25.3 Å². The van der Waals surface area contributed by atoms with E-state index in [1.54, 1.807) is 18.2 Å².